The van der Waals surface area contributed by atoms with Crippen molar-refractivity contribution in [2.75, 3.05) is 11.9 Å². The molecule has 0 atom stereocenters. The third kappa shape index (κ3) is 2.20. The lowest BCUT2D eigenvalue weighted by Gasteiger charge is -1.99. The van der Waals surface area contributed by atoms with E-state index in [1.807, 2.05) is 20.0 Å². The summed E-state index contributed by atoms with van der Waals surface area (Å²) in [6.45, 7) is 7.21. The van der Waals surface area contributed by atoms with E-state index in [2.05, 4.69) is 23.3 Å². The van der Waals surface area contributed by atoms with Crippen LogP contribution in [0.4, 0.5) is 5.82 Å². The standard InChI is InChI=1S/C9H12N2.C2H6/c1-2-7-5-8-3-4-10-9(8)11-6-7;1-2/h5-6H,2-4H2,1H3,(H,10,11);1-2H3. The predicted molar refractivity (Wildman–Crippen MR) is 57.2 cm³/mol. The molecule has 0 fully saturated rings. The molecule has 2 heteroatoms. The molecular formula is C11H18N2. The molecule has 0 aromatic carbocycles. The van der Waals surface area contributed by atoms with Gasteiger partial charge in [-0.15, -0.1) is 0 Å². The van der Waals surface area contributed by atoms with Crippen LogP contribution in [-0.2, 0) is 12.8 Å². The van der Waals surface area contributed by atoms with Crippen molar-refractivity contribution in [3.8, 4) is 0 Å². The van der Waals surface area contributed by atoms with Gasteiger partial charge in [0.1, 0.15) is 5.82 Å². The molecule has 1 aromatic heterocycles. The quantitative estimate of drug-likeness (QED) is 0.715. The molecule has 0 saturated carbocycles. The molecule has 0 radical (unpaired) electrons. The second-order valence-electron chi connectivity index (χ2n) is 2.88. The maximum atomic E-state index is 4.32. The predicted octanol–water partition coefficient (Wildman–Crippen LogP) is 2.64. The molecule has 0 bridgehead atoms. The summed E-state index contributed by atoms with van der Waals surface area (Å²) in [5.74, 6) is 1.09. The molecule has 72 valence electrons. The molecule has 1 aliphatic heterocycles. The van der Waals surface area contributed by atoms with Gasteiger partial charge in [0.2, 0.25) is 0 Å². The summed E-state index contributed by atoms with van der Waals surface area (Å²) in [6.07, 6.45) is 4.17. The lowest BCUT2D eigenvalue weighted by molar-refractivity contribution is 1.08. The Balaban J connectivity index is 0.000000396. The van der Waals surface area contributed by atoms with E-state index in [-0.39, 0.29) is 0 Å². The van der Waals surface area contributed by atoms with Gasteiger partial charge >= 0.3 is 0 Å². The first-order chi connectivity index (χ1) is 6.40. The van der Waals surface area contributed by atoms with Crippen LogP contribution in [0.2, 0.25) is 0 Å². The maximum Gasteiger partial charge on any atom is 0.129 e. The zero-order valence-corrected chi connectivity index (χ0v) is 8.72. The Morgan fingerprint density at radius 3 is 2.92 bits per heavy atom. The van der Waals surface area contributed by atoms with Crippen molar-refractivity contribution in [1.29, 1.82) is 0 Å². The summed E-state index contributed by atoms with van der Waals surface area (Å²) in [7, 11) is 0. The number of hydrogen-bond acceptors (Lipinski definition) is 2. The Morgan fingerprint density at radius 1 is 1.46 bits per heavy atom. The first-order valence-electron chi connectivity index (χ1n) is 5.12. The molecule has 0 saturated heterocycles. The molecule has 2 rings (SSSR count). The fourth-order valence-electron chi connectivity index (χ4n) is 1.42. The van der Waals surface area contributed by atoms with Crippen molar-refractivity contribution in [3.05, 3.63) is 23.4 Å². The fraction of sp³-hybridized carbons (Fsp3) is 0.545. The van der Waals surface area contributed by atoms with E-state index in [1.165, 1.54) is 11.1 Å². The summed E-state index contributed by atoms with van der Waals surface area (Å²) in [5.41, 5.74) is 2.72. The summed E-state index contributed by atoms with van der Waals surface area (Å²) < 4.78 is 0. The number of pyridine rings is 1. The van der Waals surface area contributed by atoms with Gasteiger partial charge in [0.15, 0.2) is 0 Å². The van der Waals surface area contributed by atoms with Crippen LogP contribution in [0.3, 0.4) is 0 Å². The molecule has 0 amide bonds. The minimum absolute atomic E-state index is 1.05. The normalized spacial score (nSPS) is 12.5. The highest BCUT2D eigenvalue weighted by Crippen LogP contribution is 2.19. The summed E-state index contributed by atoms with van der Waals surface area (Å²) >= 11 is 0. The SMILES string of the molecule is CC.CCc1cnc2c(c1)CCN2. The van der Waals surface area contributed by atoms with Gasteiger partial charge in [-0.3, -0.25) is 0 Å². The van der Waals surface area contributed by atoms with Crippen LogP contribution < -0.4 is 5.32 Å². The van der Waals surface area contributed by atoms with Crippen molar-refractivity contribution >= 4 is 5.82 Å². The number of aryl methyl sites for hydroxylation is 1. The zero-order chi connectivity index (χ0) is 9.68. The molecule has 0 aliphatic carbocycles. The minimum Gasteiger partial charge on any atom is -0.370 e. The smallest absolute Gasteiger partial charge is 0.129 e. The van der Waals surface area contributed by atoms with E-state index < -0.39 is 0 Å². The number of hydrogen-bond donors (Lipinski definition) is 1. The largest absolute Gasteiger partial charge is 0.370 e. The molecule has 1 aromatic rings. The average Bonchev–Trinajstić information content (AvgIpc) is 2.67. The highest BCUT2D eigenvalue weighted by atomic mass is 15.0. The second kappa shape index (κ2) is 4.85. The first kappa shape index (κ1) is 10.0. The number of anilines is 1. The lowest BCUT2D eigenvalue weighted by Crippen LogP contribution is -1.93. The summed E-state index contributed by atoms with van der Waals surface area (Å²) in [4.78, 5) is 4.32. The first-order valence-corrected chi connectivity index (χ1v) is 5.12. The van der Waals surface area contributed by atoms with Crippen LogP contribution in [0.5, 0.6) is 0 Å². The van der Waals surface area contributed by atoms with Crippen molar-refractivity contribution in [3.63, 3.8) is 0 Å². The van der Waals surface area contributed by atoms with Gasteiger partial charge in [-0.05, 0) is 24.0 Å². The Kier molecular flexibility index (Phi) is 3.74. The molecule has 0 unspecified atom stereocenters. The number of fused-ring (bicyclic) bond motifs is 1. The van der Waals surface area contributed by atoms with Crippen molar-refractivity contribution < 1.29 is 0 Å². The van der Waals surface area contributed by atoms with Gasteiger partial charge in [0.25, 0.3) is 0 Å². The summed E-state index contributed by atoms with van der Waals surface area (Å²) in [6, 6.07) is 2.25. The second-order valence-corrected chi connectivity index (χ2v) is 2.88. The summed E-state index contributed by atoms with van der Waals surface area (Å²) in [5, 5.41) is 3.24. The van der Waals surface area contributed by atoms with Gasteiger partial charge in [0, 0.05) is 12.7 Å². The van der Waals surface area contributed by atoms with Crippen molar-refractivity contribution in [2.45, 2.75) is 33.6 Å². The minimum atomic E-state index is 1.05. The Bertz CT molecular complexity index is 269. The molecule has 2 nitrogen and oxygen atoms in total. The van der Waals surface area contributed by atoms with E-state index >= 15 is 0 Å². The monoisotopic (exact) mass is 178 g/mol. The van der Waals surface area contributed by atoms with Crippen LogP contribution >= 0.6 is 0 Å². The number of nitrogens with one attached hydrogen (secondary N) is 1. The number of rotatable bonds is 1. The van der Waals surface area contributed by atoms with E-state index in [9.17, 15) is 0 Å². The Hall–Kier alpha value is -1.05. The van der Waals surface area contributed by atoms with Gasteiger partial charge in [0.05, 0.1) is 0 Å². The van der Waals surface area contributed by atoms with E-state index in [0.29, 0.717) is 0 Å². The molecule has 2 heterocycles. The number of nitrogens with zero attached hydrogens (tertiary/aromatic N) is 1. The average molecular weight is 178 g/mol. The Labute approximate surface area is 80.4 Å². The lowest BCUT2D eigenvalue weighted by atomic mass is 10.1. The van der Waals surface area contributed by atoms with E-state index in [1.54, 1.807) is 0 Å². The van der Waals surface area contributed by atoms with E-state index in [4.69, 9.17) is 0 Å². The van der Waals surface area contributed by atoms with Crippen LogP contribution in [-0.4, -0.2) is 11.5 Å². The van der Waals surface area contributed by atoms with Gasteiger partial charge in [-0.2, -0.15) is 0 Å². The molecular weight excluding hydrogens is 160 g/mol. The van der Waals surface area contributed by atoms with Gasteiger partial charge in [-0.1, -0.05) is 26.8 Å². The van der Waals surface area contributed by atoms with Crippen LogP contribution in [0.15, 0.2) is 12.3 Å². The third-order valence-corrected chi connectivity index (χ3v) is 2.12. The highest BCUT2D eigenvalue weighted by Gasteiger charge is 2.10. The molecule has 13 heavy (non-hydrogen) atoms. The van der Waals surface area contributed by atoms with E-state index in [0.717, 1.165) is 25.2 Å². The topological polar surface area (TPSA) is 24.9 Å². The fourth-order valence-corrected chi connectivity index (χ4v) is 1.42. The van der Waals surface area contributed by atoms with Gasteiger partial charge in [-0.25, -0.2) is 4.98 Å². The maximum absolute atomic E-state index is 4.32. The highest BCUT2D eigenvalue weighted by molar-refractivity contribution is 5.49. The Morgan fingerprint density at radius 2 is 2.23 bits per heavy atom. The number of aromatic nitrogens is 1. The molecule has 1 aliphatic rings. The van der Waals surface area contributed by atoms with Crippen LogP contribution in [0, 0.1) is 0 Å². The third-order valence-electron chi connectivity index (χ3n) is 2.12. The van der Waals surface area contributed by atoms with Crippen LogP contribution in [0.1, 0.15) is 31.9 Å². The molecule has 1 N–H and O–H groups in total. The van der Waals surface area contributed by atoms with Crippen molar-refractivity contribution in [1.82, 2.24) is 4.98 Å². The van der Waals surface area contributed by atoms with Crippen molar-refractivity contribution in [2.24, 2.45) is 0 Å². The zero-order valence-electron chi connectivity index (χ0n) is 8.72. The van der Waals surface area contributed by atoms with Gasteiger partial charge < -0.3 is 5.32 Å². The molecule has 0 spiro atoms. The van der Waals surface area contributed by atoms with Crippen LogP contribution in [0.25, 0.3) is 0 Å².